The van der Waals surface area contributed by atoms with Gasteiger partial charge in [-0.3, -0.25) is 4.99 Å². The molecule has 7 heteroatoms. The van der Waals surface area contributed by atoms with Crippen LogP contribution >= 0.6 is 0 Å². The highest BCUT2D eigenvalue weighted by Gasteiger charge is 2.17. The molecule has 158 valence electrons. The van der Waals surface area contributed by atoms with Crippen LogP contribution in [-0.4, -0.2) is 101 Å². The number of ether oxygens (including phenoxy) is 2. The summed E-state index contributed by atoms with van der Waals surface area (Å²) in [6, 6.07) is 0. The Kier molecular flexibility index (Phi) is 11.0. The minimum Gasteiger partial charge on any atom is -0.379 e. The van der Waals surface area contributed by atoms with Crippen LogP contribution in [0.4, 0.5) is 0 Å². The van der Waals surface area contributed by atoms with Crippen LogP contribution in [-0.2, 0) is 9.47 Å². The van der Waals surface area contributed by atoms with Gasteiger partial charge in [0.05, 0.1) is 12.7 Å². The molecule has 2 aliphatic heterocycles. The van der Waals surface area contributed by atoms with Gasteiger partial charge in [0.25, 0.3) is 0 Å². The van der Waals surface area contributed by atoms with Gasteiger partial charge in [-0.1, -0.05) is 13.8 Å². The third kappa shape index (κ3) is 9.23. The van der Waals surface area contributed by atoms with E-state index in [1.807, 2.05) is 7.05 Å². The Hall–Kier alpha value is -0.890. The molecule has 2 fully saturated rings. The standard InChI is InChI=1S/C20H41N5O2/c1-4-24-9-11-25(12-10-24)16-18(2)15-23-20(21-3)22-8-6-13-26-17-19-7-5-14-27-19/h18-19H,4-17H2,1-3H3,(H2,21,22,23). The number of aliphatic imine (C=N–C) groups is 1. The molecule has 0 radical (unpaired) electrons. The van der Waals surface area contributed by atoms with Crippen LogP contribution in [0.1, 0.15) is 33.1 Å². The molecule has 0 aliphatic carbocycles. The highest BCUT2D eigenvalue weighted by atomic mass is 16.5. The van der Waals surface area contributed by atoms with Crippen molar-refractivity contribution < 1.29 is 9.47 Å². The Balaban J connectivity index is 1.48. The average Bonchev–Trinajstić information content (AvgIpc) is 3.21. The maximum Gasteiger partial charge on any atom is 0.190 e. The van der Waals surface area contributed by atoms with E-state index in [1.54, 1.807) is 0 Å². The van der Waals surface area contributed by atoms with Gasteiger partial charge in [0, 0.05) is 66.1 Å². The summed E-state index contributed by atoms with van der Waals surface area (Å²) in [4.78, 5) is 9.43. The fourth-order valence-electron chi connectivity index (χ4n) is 3.66. The fraction of sp³-hybridized carbons (Fsp3) is 0.950. The van der Waals surface area contributed by atoms with Gasteiger partial charge in [0.15, 0.2) is 5.96 Å². The lowest BCUT2D eigenvalue weighted by Gasteiger charge is -2.35. The maximum absolute atomic E-state index is 5.70. The summed E-state index contributed by atoms with van der Waals surface area (Å²) in [5.41, 5.74) is 0. The first-order valence-corrected chi connectivity index (χ1v) is 10.8. The van der Waals surface area contributed by atoms with Gasteiger partial charge in [-0.25, -0.2) is 0 Å². The summed E-state index contributed by atoms with van der Waals surface area (Å²) < 4.78 is 11.3. The molecule has 2 unspecified atom stereocenters. The molecular formula is C20H41N5O2. The van der Waals surface area contributed by atoms with E-state index in [1.165, 1.54) is 39.1 Å². The van der Waals surface area contributed by atoms with Crippen LogP contribution < -0.4 is 10.6 Å². The normalized spacial score (nSPS) is 23.5. The van der Waals surface area contributed by atoms with E-state index in [4.69, 9.17) is 9.47 Å². The second kappa shape index (κ2) is 13.3. The van der Waals surface area contributed by atoms with E-state index in [2.05, 4.69) is 39.3 Å². The molecule has 0 aromatic rings. The summed E-state index contributed by atoms with van der Waals surface area (Å²) in [7, 11) is 1.83. The van der Waals surface area contributed by atoms with Crippen molar-refractivity contribution in [2.24, 2.45) is 10.9 Å². The van der Waals surface area contributed by atoms with Crippen LogP contribution in [0.3, 0.4) is 0 Å². The van der Waals surface area contributed by atoms with Gasteiger partial charge in [0.1, 0.15) is 0 Å². The first kappa shape index (κ1) is 22.4. The van der Waals surface area contributed by atoms with Crippen LogP contribution in [0.2, 0.25) is 0 Å². The molecule has 2 saturated heterocycles. The fourth-order valence-corrected chi connectivity index (χ4v) is 3.66. The van der Waals surface area contributed by atoms with Crippen LogP contribution in [0, 0.1) is 5.92 Å². The van der Waals surface area contributed by atoms with Gasteiger partial charge >= 0.3 is 0 Å². The summed E-state index contributed by atoms with van der Waals surface area (Å²) in [5.74, 6) is 1.49. The van der Waals surface area contributed by atoms with E-state index in [9.17, 15) is 0 Å². The van der Waals surface area contributed by atoms with Gasteiger partial charge in [-0.2, -0.15) is 0 Å². The van der Waals surface area contributed by atoms with Crippen LogP contribution in [0.15, 0.2) is 4.99 Å². The molecule has 0 amide bonds. The lowest BCUT2D eigenvalue weighted by molar-refractivity contribution is 0.0168. The van der Waals surface area contributed by atoms with E-state index in [0.29, 0.717) is 12.0 Å². The molecule has 0 spiro atoms. The van der Waals surface area contributed by atoms with Crippen molar-refractivity contribution in [3.8, 4) is 0 Å². The Labute approximate surface area is 165 Å². The third-order valence-electron chi connectivity index (χ3n) is 5.41. The lowest BCUT2D eigenvalue weighted by atomic mass is 10.1. The number of piperazine rings is 1. The molecule has 7 nitrogen and oxygen atoms in total. The third-order valence-corrected chi connectivity index (χ3v) is 5.41. The zero-order chi connectivity index (χ0) is 19.3. The van der Waals surface area contributed by atoms with Crippen molar-refractivity contribution in [1.29, 1.82) is 0 Å². The summed E-state index contributed by atoms with van der Waals surface area (Å²) in [6.07, 6.45) is 3.61. The molecule has 2 rings (SSSR count). The summed E-state index contributed by atoms with van der Waals surface area (Å²) in [6.45, 7) is 15.9. The molecule has 0 saturated carbocycles. The van der Waals surface area contributed by atoms with Crippen LogP contribution in [0.5, 0.6) is 0 Å². The predicted octanol–water partition coefficient (Wildman–Crippen LogP) is 1.01. The summed E-state index contributed by atoms with van der Waals surface area (Å²) in [5, 5.41) is 6.83. The highest BCUT2D eigenvalue weighted by molar-refractivity contribution is 5.79. The van der Waals surface area contributed by atoms with Crippen molar-refractivity contribution in [3.05, 3.63) is 0 Å². The molecule has 0 aromatic heterocycles. The zero-order valence-electron chi connectivity index (χ0n) is 17.7. The first-order chi connectivity index (χ1) is 13.2. The Bertz CT molecular complexity index is 407. The van der Waals surface area contributed by atoms with E-state index in [-0.39, 0.29) is 0 Å². The molecule has 0 aromatic carbocycles. The molecule has 2 heterocycles. The van der Waals surface area contributed by atoms with E-state index >= 15 is 0 Å². The largest absolute Gasteiger partial charge is 0.379 e. The topological polar surface area (TPSA) is 61.4 Å². The van der Waals surface area contributed by atoms with Crippen LogP contribution in [0.25, 0.3) is 0 Å². The monoisotopic (exact) mass is 383 g/mol. The Morgan fingerprint density at radius 3 is 2.67 bits per heavy atom. The van der Waals surface area contributed by atoms with Crippen molar-refractivity contribution in [2.45, 2.75) is 39.2 Å². The van der Waals surface area contributed by atoms with Crippen molar-refractivity contribution >= 4 is 5.96 Å². The molecular weight excluding hydrogens is 342 g/mol. The van der Waals surface area contributed by atoms with E-state index in [0.717, 1.165) is 58.3 Å². The molecule has 0 bridgehead atoms. The second-order valence-corrected chi connectivity index (χ2v) is 7.78. The Morgan fingerprint density at radius 2 is 2.00 bits per heavy atom. The molecule has 27 heavy (non-hydrogen) atoms. The summed E-state index contributed by atoms with van der Waals surface area (Å²) >= 11 is 0. The Morgan fingerprint density at radius 1 is 1.22 bits per heavy atom. The first-order valence-electron chi connectivity index (χ1n) is 10.8. The number of likely N-dealkylation sites (N-methyl/N-ethyl adjacent to an activating group) is 1. The number of hydrogen-bond donors (Lipinski definition) is 2. The number of rotatable bonds is 11. The minimum absolute atomic E-state index is 0.318. The van der Waals surface area contributed by atoms with Crippen molar-refractivity contribution in [1.82, 2.24) is 20.4 Å². The number of guanidine groups is 1. The maximum atomic E-state index is 5.70. The number of nitrogens with zero attached hydrogens (tertiary/aromatic N) is 3. The zero-order valence-corrected chi connectivity index (χ0v) is 17.7. The quantitative estimate of drug-likeness (QED) is 0.315. The smallest absolute Gasteiger partial charge is 0.190 e. The van der Waals surface area contributed by atoms with Gasteiger partial charge < -0.3 is 29.9 Å². The van der Waals surface area contributed by atoms with Crippen molar-refractivity contribution in [3.63, 3.8) is 0 Å². The number of hydrogen-bond acceptors (Lipinski definition) is 5. The SMILES string of the molecule is CCN1CCN(CC(C)CNC(=NC)NCCCOCC2CCCO2)CC1. The van der Waals surface area contributed by atoms with Gasteiger partial charge in [-0.15, -0.1) is 0 Å². The second-order valence-electron chi connectivity index (χ2n) is 7.78. The molecule has 2 atom stereocenters. The average molecular weight is 384 g/mol. The molecule has 2 N–H and O–H groups in total. The van der Waals surface area contributed by atoms with Gasteiger partial charge in [-0.05, 0) is 31.7 Å². The predicted molar refractivity (Wildman–Crippen MR) is 111 cm³/mol. The van der Waals surface area contributed by atoms with Gasteiger partial charge in [0.2, 0.25) is 0 Å². The number of nitrogens with one attached hydrogen (secondary N) is 2. The van der Waals surface area contributed by atoms with Crippen molar-refractivity contribution in [2.75, 3.05) is 79.2 Å². The minimum atomic E-state index is 0.318. The van der Waals surface area contributed by atoms with E-state index < -0.39 is 0 Å². The lowest BCUT2D eigenvalue weighted by Crippen LogP contribution is -2.48. The molecule has 2 aliphatic rings. The highest BCUT2D eigenvalue weighted by Crippen LogP contribution is 2.11.